The number of aromatic amines is 1. The predicted octanol–water partition coefficient (Wildman–Crippen LogP) is -1.53. The van der Waals surface area contributed by atoms with Gasteiger partial charge in [-0.15, -0.1) is 0 Å². The lowest BCUT2D eigenvalue weighted by atomic mass is 10.4. The molecule has 8 heteroatoms. The number of hydrogen-bond donors (Lipinski definition) is 2. The molecule has 18 heavy (non-hydrogen) atoms. The fourth-order valence-electron chi connectivity index (χ4n) is 1.79. The smallest absolute Gasteiger partial charge is 0.314 e. The van der Waals surface area contributed by atoms with Gasteiger partial charge in [0, 0.05) is 45.5 Å². The standard InChI is InChI=1S/C10H17N5O2S/c1-14-10(12-8(16)9(17)13-14)18-7-6-15-4-2-11-3-5-15/h11H,2-7H2,1H3,(H,13,17). The van der Waals surface area contributed by atoms with Crippen molar-refractivity contribution in [2.75, 3.05) is 38.5 Å². The summed E-state index contributed by atoms with van der Waals surface area (Å²) in [6, 6.07) is 0. The van der Waals surface area contributed by atoms with Crippen LogP contribution in [-0.4, -0.2) is 58.1 Å². The molecule has 0 spiro atoms. The second-order valence-electron chi connectivity index (χ2n) is 4.14. The highest BCUT2D eigenvalue weighted by molar-refractivity contribution is 7.99. The Morgan fingerprint density at radius 1 is 1.33 bits per heavy atom. The SMILES string of the molecule is Cn1[nH]c(=O)c(=O)nc1SCCN1CCNCC1. The predicted molar refractivity (Wildman–Crippen MR) is 70.1 cm³/mol. The first-order valence-corrected chi connectivity index (χ1v) is 6.88. The van der Waals surface area contributed by atoms with Crippen LogP contribution in [0.5, 0.6) is 0 Å². The van der Waals surface area contributed by atoms with Gasteiger partial charge in [-0.25, -0.2) is 0 Å². The van der Waals surface area contributed by atoms with E-state index in [2.05, 4.69) is 20.3 Å². The summed E-state index contributed by atoms with van der Waals surface area (Å²) in [6.07, 6.45) is 0. The van der Waals surface area contributed by atoms with Gasteiger partial charge in [0.15, 0.2) is 5.16 Å². The highest BCUT2D eigenvalue weighted by atomic mass is 32.2. The van der Waals surface area contributed by atoms with Gasteiger partial charge in [0.05, 0.1) is 0 Å². The largest absolute Gasteiger partial charge is 0.339 e. The first kappa shape index (κ1) is 13.3. The van der Waals surface area contributed by atoms with Crippen molar-refractivity contribution in [3.05, 3.63) is 20.7 Å². The summed E-state index contributed by atoms with van der Waals surface area (Å²) in [5.74, 6) is 0.853. The molecule has 0 saturated carbocycles. The Morgan fingerprint density at radius 2 is 2.06 bits per heavy atom. The molecular formula is C10H17N5O2S. The van der Waals surface area contributed by atoms with E-state index in [0.717, 1.165) is 38.5 Å². The van der Waals surface area contributed by atoms with Crippen LogP contribution in [0, 0.1) is 0 Å². The summed E-state index contributed by atoms with van der Waals surface area (Å²) in [7, 11) is 1.68. The molecule has 7 nitrogen and oxygen atoms in total. The van der Waals surface area contributed by atoms with E-state index < -0.39 is 11.1 Å². The van der Waals surface area contributed by atoms with Gasteiger partial charge in [0.1, 0.15) is 0 Å². The van der Waals surface area contributed by atoms with E-state index in [4.69, 9.17) is 0 Å². The van der Waals surface area contributed by atoms with Crippen LogP contribution in [0.4, 0.5) is 0 Å². The van der Waals surface area contributed by atoms with Crippen LogP contribution >= 0.6 is 11.8 Å². The van der Waals surface area contributed by atoms with Crippen molar-refractivity contribution in [2.45, 2.75) is 5.16 Å². The van der Waals surface area contributed by atoms with E-state index in [0.29, 0.717) is 5.16 Å². The van der Waals surface area contributed by atoms with Crippen molar-refractivity contribution in [2.24, 2.45) is 7.05 Å². The number of aromatic nitrogens is 3. The fourth-order valence-corrected chi connectivity index (χ4v) is 2.71. The van der Waals surface area contributed by atoms with Crippen LogP contribution in [0.15, 0.2) is 14.7 Å². The number of aryl methyl sites for hydroxylation is 1. The van der Waals surface area contributed by atoms with Gasteiger partial charge in [-0.2, -0.15) is 4.98 Å². The number of thioether (sulfide) groups is 1. The molecule has 0 aromatic carbocycles. The normalized spacial score (nSPS) is 16.9. The van der Waals surface area contributed by atoms with Gasteiger partial charge in [-0.3, -0.25) is 24.3 Å². The average molecular weight is 271 g/mol. The third kappa shape index (κ3) is 3.44. The third-order valence-electron chi connectivity index (χ3n) is 2.80. The molecule has 1 aromatic rings. The minimum Gasteiger partial charge on any atom is -0.314 e. The molecule has 0 radical (unpaired) electrons. The molecule has 1 aliphatic heterocycles. The maximum Gasteiger partial charge on any atom is 0.339 e. The third-order valence-corrected chi connectivity index (χ3v) is 3.81. The highest BCUT2D eigenvalue weighted by Gasteiger charge is 2.10. The maximum atomic E-state index is 11.2. The number of nitrogens with zero attached hydrogens (tertiary/aromatic N) is 3. The lowest BCUT2D eigenvalue weighted by Gasteiger charge is -2.26. The van der Waals surface area contributed by atoms with Crippen LogP contribution in [-0.2, 0) is 7.05 Å². The van der Waals surface area contributed by atoms with Gasteiger partial charge < -0.3 is 5.32 Å². The average Bonchev–Trinajstić information content (AvgIpc) is 2.37. The molecule has 100 valence electrons. The summed E-state index contributed by atoms with van der Waals surface area (Å²) in [4.78, 5) is 28.3. The van der Waals surface area contributed by atoms with Gasteiger partial charge in [-0.05, 0) is 0 Å². The molecule has 2 heterocycles. The molecule has 0 amide bonds. The molecule has 0 bridgehead atoms. The monoisotopic (exact) mass is 271 g/mol. The zero-order chi connectivity index (χ0) is 13.0. The van der Waals surface area contributed by atoms with Crippen molar-refractivity contribution < 1.29 is 0 Å². The molecule has 0 aliphatic carbocycles. The van der Waals surface area contributed by atoms with E-state index in [1.54, 1.807) is 7.05 Å². The van der Waals surface area contributed by atoms with Gasteiger partial charge in [0.2, 0.25) is 0 Å². The highest BCUT2D eigenvalue weighted by Crippen LogP contribution is 2.11. The first-order chi connectivity index (χ1) is 8.66. The zero-order valence-electron chi connectivity index (χ0n) is 10.3. The number of piperazine rings is 1. The topological polar surface area (TPSA) is 83.0 Å². The molecule has 0 unspecified atom stereocenters. The lowest BCUT2D eigenvalue weighted by Crippen LogP contribution is -2.44. The maximum absolute atomic E-state index is 11.2. The molecule has 1 aromatic heterocycles. The molecule has 2 rings (SSSR count). The van der Waals surface area contributed by atoms with Gasteiger partial charge in [-0.1, -0.05) is 11.8 Å². The number of hydrogen-bond acceptors (Lipinski definition) is 6. The Bertz CT molecular complexity index is 506. The van der Waals surface area contributed by atoms with Crippen LogP contribution in [0.1, 0.15) is 0 Å². The quantitative estimate of drug-likeness (QED) is 0.510. The van der Waals surface area contributed by atoms with Crippen molar-refractivity contribution in [3.63, 3.8) is 0 Å². The van der Waals surface area contributed by atoms with E-state index in [1.807, 2.05) is 0 Å². The Morgan fingerprint density at radius 3 is 2.78 bits per heavy atom. The summed E-state index contributed by atoms with van der Waals surface area (Å²) in [6.45, 7) is 5.12. The molecule has 1 saturated heterocycles. The number of rotatable bonds is 4. The van der Waals surface area contributed by atoms with Crippen molar-refractivity contribution in [1.82, 2.24) is 25.0 Å². The van der Waals surface area contributed by atoms with Gasteiger partial charge >= 0.3 is 11.1 Å². The minimum absolute atomic E-state index is 0.551. The van der Waals surface area contributed by atoms with Crippen LogP contribution in [0.3, 0.4) is 0 Å². The molecule has 1 fully saturated rings. The second kappa shape index (κ2) is 6.17. The Kier molecular flexibility index (Phi) is 4.56. The van der Waals surface area contributed by atoms with Crippen LogP contribution < -0.4 is 16.4 Å². The fraction of sp³-hybridized carbons (Fsp3) is 0.700. The minimum atomic E-state index is -0.724. The Balaban J connectivity index is 1.88. The molecule has 0 atom stereocenters. The van der Waals surface area contributed by atoms with E-state index in [1.165, 1.54) is 16.4 Å². The lowest BCUT2D eigenvalue weighted by molar-refractivity contribution is 0.255. The van der Waals surface area contributed by atoms with E-state index in [-0.39, 0.29) is 0 Å². The van der Waals surface area contributed by atoms with Gasteiger partial charge in [0.25, 0.3) is 0 Å². The summed E-state index contributed by atoms with van der Waals surface area (Å²) in [5, 5.41) is 6.29. The molecule has 2 N–H and O–H groups in total. The van der Waals surface area contributed by atoms with E-state index in [9.17, 15) is 9.59 Å². The van der Waals surface area contributed by atoms with E-state index >= 15 is 0 Å². The summed E-state index contributed by atoms with van der Waals surface area (Å²) < 4.78 is 1.49. The Hall–Kier alpha value is -1.12. The van der Waals surface area contributed by atoms with Crippen LogP contribution in [0.2, 0.25) is 0 Å². The molecule has 1 aliphatic rings. The van der Waals surface area contributed by atoms with Crippen molar-refractivity contribution >= 4 is 11.8 Å². The summed E-state index contributed by atoms with van der Waals surface area (Å²) >= 11 is 1.48. The van der Waals surface area contributed by atoms with Crippen LogP contribution in [0.25, 0.3) is 0 Å². The summed E-state index contributed by atoms with van der Waals surface area (Å²) in [5.41, 5.74) is -1.40. The molecular weight excluding hydrogens is 254 g/mol. The zero-order valence-corrected chi connectivity index (χ0v) is 11.1. The Labute approximate surface area is 109 Å². The van der Waals surface area contributed by atoms with Crippen molar-refractivity contribution in [1.29, 1.82) is 0 Å². The number of H-pyrrole nitrogens is 1. The second-order valence-corrected chi connectivity index (χ2v) is 5.20. The number of nitrogens with one attached hydrogen (secondary N) is 2. The van der Waals surface area contributed by atoms with Crippen molar-refractivity contribution in [3.8, 4) is 0 Å². The first-order valence-electron chi connectivity index (χ1n) is 5.90.